The fourth-order valence-corrected chi connectivity index (χ4v) is 5.51. The number of thioether (sulfide) groups is 1. The number of rotatable bonds is 4. The van der Waals surface area contributed by atoms with E-state index in [4.69, 9.17) is 11.6 Å². The molecule has 0 aliphatic rings. The second kappa shape index (κ2) is 8.44. The first-order chi connectivity index (χ1) is 16.0. The molecule has 8 nitrogen and oxygen atoms in total. The molecule has 0 saturated carbocycles. The van der Waals surface area contributed by atoms with Gasteiger partial charge in [-0.25, -0.2) is 9.55 Å². The Hall–Kier alpha value is -3.52. The average molecular weight is 493 g/mol. The Labute approximate surface area is 199 Å². The first kappa shape index (κ1) is 21.3. The van der Waals surface area contributed by atoms with Gasteiger partial charge in [-0.05, 0) is 36.2 Å². The van der Waals surface area contributed by atoms with Gasteiger partial charge in [0, 0.05) is 17.0 Å². The highest BCUT2D eigenvalue weighted by Crippen LogP contribution is 2.30. The molecule has 0 radical (unpaired) electrons. The lowest BCUT2D eigenvalue weighted by atomic mass is 10.2. The van der Waals surface area contributed by atoms with E-state index in [-0.39, 0.29) is 27.3 Å². The van der Waals surface area contributed by atoms with Crippen molar-refractivity contribution in [1.29, 1.82) is 5.26 Å². The van der Waals surface area contributed by atoms with Gasteiger partial charge in [-0.2, -0.15) is 5.26 Å². The summed E-state index contributed by atoms with van der Waals surface area (Å²) in [4.78, 5) is 30.8. The van der Waals surface area contributed by atoms with Crippen molar-refractivity contribution in [3.8, 4) is 11.2 Å². The standard InChI is InChI=1S/C22H13ClN6O2S2/c1-12-5-4-8-28-17(12)25-18-15(20(28)31)9-14(10-24)19(30)29(18)21-26-27-22(33-21)32-11-13-6-2-3-7-16(13)23/h2-9H,11H2,1H3. The van der Waals surface area contributed by atoms with Gasteiger partial charge >= 0.3 is 0 Å². The topological polar surface area (TPSA) is 106 Å². The molecule has 0 saturated heterocycles. The zero-order chi connectivity index (χ0) is 23.1. The summed E-state index contributed by atoms with van der Waals surface area (Å²) in [6, 6.07) is 14.2. The third-order valence-corrected chi connectivity index (χ3v) is 7.47. The minimum atomic E-state index is -0.603. The van der Waals surface area contributed by atoms with Crippen LogP contribution in [0.1, 0.15) is 16.7 Å². The second-order valence-electron chi connectivity index (χ2n) is 7.08. The van der Waals surface area contributed by atoms with E-state index >= 15 is 0 Å². The molecule has 0 aliphatic heterocycles. The van der Waals surface area contributed by atoms with Crippen LogP contribution in [-0.4, -0.2) is 24.1 Å². The molecule has 11 heteroatoms. The number of pyridine rings is 2. The normalized spacial score (nSPS) is 11.2. The minimum absolute atomic E-state index is 0.136. The maximum atomic E-state index is 13.1. The molecular weight excluding hydrogens is 480 g/mol. The van der Waals surface area contributed by atoms with Crippen LogP contribution in [0.2, 0.25) is 5.02 Å². The van der Waals surface area contributed by atoms with Crippen molar-refractivity contribution < 1.29 is 0 Å². The van der Waals surface area contributed by atoms with E-state index in [1.54, 1.807) is 12.3 Å². The molecule has 1 aromatic carbocycles. The Morgan fingerprint density at radius 2 is 1.94 bits per heavy atom. The van der Waals surface area contributed by atoms with Crippen molar-refractivity contribution in [3.05, 3.63) is 91.1 Å². The number of nitriles is 1. The lowest BCUT2D eigenvalue weighted by Gasteiger charge is -2.09. The fourth-order valence-electron chi connectivity index (χ4n) is 3.38. The average Bonchev–Trinajstić information content (AvgIpc) is 3.27. The quantitative estimate of drug-likeness (QED) is 0.276. The molecular formula is C22H13ClN6O2S2. The van der Waals surface area contributed by atoms with E-state index in [1.807, 2.05) is 43.3 Å². The highest BCUT2D eigenvalue weighted by molar-refractivity contribution is 8.00. The van der Waals surface area contributed by atoms with Crippen LogP contribution in [0.4, 0.5) is 0 Å². The zero-order valence-corrected chi connectivity index (χ0v) is 19.4. The summed E-state index contributed by atoms with van der Waals surface area (Å²) < 4.78 is 3.21. The number of aromatic nitrogens is 5. The maximum Gasteiger partial charge on any atom is 0.276 e. The van der Waals surface area contributed by atoms with Crippen LogP contribution in [0.3, 0.4) is 0 Å². The summed E-state index contributed by atoms with van der Waals surface area (Å²) in [5, 5.41) is 18.9. The van der Waals surface area contributed by atoms with Gasteiger partial charge in [0.2, 0.25) is 5.13 Å². The molecule has 4 aromatic heterocycles. The number of hydrogen-bond acceptors (Lipinski definition) is 8. The number of benzene rings is 1. The summed E-state index contributed by atoms with van der Waals surface area (Å²) in [6.07, 6.45) is 1.60. The number of nitrogens with zero attached hydrogens (tertiary/aromatic N) is 6. The molecule has 0 unspecified atom stereocenters. The molecule has 0 atom stereocenters. The van der Waals surface area contributed by atoms with E-state index in [2.05, 4.69) is 15.2 Å². The Kier molecular flexibility index (Phi) is 5.46. The lowest BCUT2D eigenvalue weighted by molar-refractivity contribution is 0.913. The van der Waals surface area contributed by atoms with Crippen molar-refractivity contribution >= 4 is 51.4 Å². The second-order valence-corrected chi connectivity index (χ2v) is 9.67. The van der Waals surface area contributed by atoms with E-state index < -0.39 is 5.56 Å². The SMILES string of the molecule is Cc1cccn2c(=O)c3cc(C#N)c(=O)n(-c4nnc(SCc5ccccc5Cl)s4)c3nc12. The highest BCUT2D eigenvalue weighted by Gasteiger charge is 2.19. The molecule has 0 aliphatic carbocycles. The van der Waals surface area contributed by atoms with E-state index in [9.17, 15) is 14.9 Å². The molecule has 5 rings (SSSR count). The summed E-state index contributed by atoms with van der Waals surface area (Å²) in [6.45, 7) is 1.83. The molecule has 33 heavy (non-hydrogen) atoms. The summed E-state index contributed by atoms with van der Waals surface area (Å²) in [5.74, 6) is 0.575. The van der Waals surface area contributed by atoms with Gasteiger partial charge in [0.1, 0.15) is 17.3 Å². The summed E-state index contributed by atoms with van der Waals surface area (Å²) >= 11 is 8.83. The fraction of sp³-hybridized carbons (Fsp3) is 0.0909. The van der Waals surface area contributed by atoms with Crippen molar-refractivity contribution in [2.75, 3.05) is 0 Å². The number of hydrogen-bond donors (Lipinski definition) is 0. The molecule has 5 aromatic rings. The van der Waals surface area contributed by atoms with E-state index in [1.165, 1.54) is 38.1 Å². The monoisotopic (exact) mass is 492 g/mol. The van der Waals surface area contributed by atoms with Gasteiger partial charge in [0.05, 0.1) is 5.39 Å². The van der Waals surface area contributed by atoms with Crippen LogP contribution >= 0.6 is 34.7 Å². The van der Waals surface area contributed by atoms with Crippen LogP contribution in [0, 0.1) is 18.3 Å². The highest BCUT2D eigenvalue weighted by atomic mass is 35.5. The zero-order valence-electron chi connectivity index (χ0n) is 17.0. The summed E-state index contributed by atoms with van der Waals surface area (Å²) in [7, 11) is 0. The first-order valence-corrected chi connectivity index (χ1v) is 11.8. The first-order valence-electron chi connectivity index (χ1n) is 9.66. The predicted octanol–water partition coefficient (Wildman–Crippen LogP) is 3.98. The van der Waals surface area contributed by atoms with Gasteiger partial charge in [0.15, 0.2) is 9.99 Å². The largest absolute Gasteiger partial charge is 0.276 e. The third-order valence-electron chi connectivity index (χ3n) is 5.01. The van der Waals surface area contributed by atoms with Crippen LogP contribution in [0.25, 0.3) is 21.8 Å². The molecule has 162 valence electrons. The smallest absolute Gasteiger partial charge is 0.268 e. The molecule has 4 heterocycles. The van der Waals surface area contributed by atoms with Crippen LogP contribution in [-0.2, 0) is 5.75 Å². The van der Waals surface area contributed by atoms with Gasteiger partial charge < -0.3 is 0 Å². The Morgan fingerprint density at radius 1 is 1.12 bits per heavy atom. The number of halogens is 1. The van der Waals surface area contributed by atoms with E-state index in [0.717, 1.165) is 11.1 Å². The molecule has 0 amide bonds. The van der Waals surface area contributed by atoms with Crippen LogP contribution in [0.5, 0.6) is 0 Å². The van der Waals surface area contributed by atoms with Crippen molar-refractivity contribution in [1.82, 2.24) is 24.1 Å². The van der Waals surface area contributed by atoms with Crippen molar-refractivity contribution in [3.63, 3.8) is 0 Å². The van der Waals surface area contributed by atoms with Crippen molar-refractivity contribution in [2.24, 2.45) is 0 Å². The van der Waals surface area contributed by atoms with Crippen LogP contribution in [0.15, 0.2) is 62.6 Å². The van der Waals surface area contributed by atoms with Crippen molar-refractivity contribution in [2.45, 2.75) is 17.0 Å². The number of aryl methyl sites for hydroxylation is 1. The summed E-state index contributed by atoms with van der Waals surface area (Å²) in [5.41, 5.74) is 1.13. The van der Waals surface area contributed by atoms with Gasteiger partial charge in [0.25, 0.3) is 11.1 Å². The predicted molar refractivity (Wildman–Crippen MR) is 128 cm³/mol. The van der Waals surface area contributed by atoms with Gasteiger partial charge in [-0.1, -0.05) is 59.0 Å². The minimum Gasteiger partial charge on any atom is -0.268 e. The van der Waals surface area contributed by atoms with Gasteiger partial charge in [-0.3, -0.25) is 14.0 Å². The molecule has 0 fully saturated rings. The molecule has 0 spiro atoms. The van der Waals surface area contributed by atoms with E-state index in [0.29, 0.717) is 20.8 Å². The van der Waals surface area contributed by atoms with Crippen LogP contribution < -0.4 is 11.1 Å². The molecule has 0 bridgehead atoms. The lowest BCUT2D eigenvalue weighted by Crippen LogP contribution is -2.26. The Balaban J connectivity index is 1.67. The molecule has 0 N–H and O–H groups in total. The van der Waals surface area contributed by atoms with Gasteiger partial charge in [-0.15, -0.1) is 10.2 Å². The maximum absolute atomic E-state index is 13.1. The number of fused-ring (bicyclic) bond motifs is 2. The third kappa shape index (κ3) is 3.70. The Bertz CT molecular complexity index is 1720. The Morgan fingerprint density at radius 3 is 2.73 bits per heavy atom.